The molecule has 24 heavy (non-hydrogen) atoms. The largest absolute Gasteiger partial charge is 0.480 e. The molecule has 2 amide bonds. The topological polar surface area (TPSA) is 138 Å². The van der Waals surface area contributed by atoms with Crippen molar-refractivity contribution in [2.24, 2.45) is 5.73 Å². The van der Waals surface area contributed by atoms with Crippen LogP contribution in [0.5, 0.6) is 0 Å². The molecule has 3 aliphatic rings. The molecule has 0 saturated heterocycles. The first-order valence-corrected chi connectivity index (χ1v) is 7.46. The van der Waals surface area contributed by atoms with Crippen LogP contribution in [0.1, 0.15) is 46.4 Å². The van der Waals surface area contributed by atoms with E-state index in [2.05, 4.69) is 0 Å². The highest BCUT2D eigenvalue weighted by Crippen LogP contribution is 2.45. The second-order valence-corrected chi connectivity index (χ2v) is 6.29. The van der Waals surface area contributed by atoms with Crippen LogP contribution in [-0.4, -0.2) is 49.9 Å². The van der Waals surface area contributed by atoms with Gasteiger partial charge in [-0.15, -0.1) is 0 Å². The highest BCUT2D eigenvalue weighted by molar-refractivity contribution is 6.23. The Morgan fingerprint density at radius 1 is 0.917 bits per heavy atom. The zero-order valence-electron chi connectivity index (χ0n) is 12.7. The Kier molecular flexibility index (Phi) is 3.45. The Bertz CT molecular complexity index is 729. The molecule has 0 bridgehead atoms. The number of nitrogens with zero attached hydrogens (tertiary/aromatic N) is 1. The number of carbonyl (C=O) groups excluding carboxylic acids is 2. The summed E-state index contributed by atoms with van der Waals surface area (Å²) in [5.74, 6) is -2.96. The number of fused-ring (bicyclic) bond motifs is 1. The molecule has 2 aliphatic carbocycles. The zero-order chi connectivity index (χ0) is 17.7. The highest BCUT2D eigenvalue weighted by Gasteiger charge is 2.61. The fraction of sp³-hybridized carbons (Fsp3) is 0.375. The quantitative estimate of drug-likeness (QED) is 0.684. The second kappa shape index (κ2) is 5.13. The van der Waals surface area contributed by atoms with Gasteiger partial charge in [0, 0.05) is 0 Å². The Morgan fingerprint density at radius 3 is 1.62 bits per heavy atom. The zero-order valence-corrected chi connectivity index (χ0v) is 12.7. The van der Waals surface area contributed by atoms with Gasteiger partial charge in [-0.1, -0.05) is 12.1 Å². The molecule has 0 unspecified atom stereocenters. The van der Waals surface area contributed by atoms with E-state index in [0.717, 1.165) is 4.90 Å². The Morgan fingerprint density at radius 2 is 1.38 bits per heavy atom. The monoisotopic (exact) mass is 332 g/mol. The molecule has 0 aromatic heterocycles. The lowest BCUT2D eigenvalue weighted by Gasteiger charge is -2.21. The fourth-order valence-electron chi connectivity index (χ4n) is 2.58. The summed E-state index contributed by atoms with van der Waals surface area (Å²) in [6.45, 7) is 0. The van der Waals surface area contributed by atoms with Crippen molar-refractivity contribution in [3.05, 3.63) is 35.4 Å². The van der Waals surface area contributed by atoms with Gasteiger partial charge in [-0.3, -0.25) is 19.3 Å². The number of hydrogen-bond acceptors (Lipinski definition) is 5. The van der Waals surface area contributed by atoms with Gasteiger partial charge in [0.05, 0.1) is 11.1 Å². The average molecular weight is 332 g/mol. The van der Waals surface area contributed by atoms with Crippen molar-refractivity contribution in [2.45, 2.75) is 36.8 Å². The molecule has 1 heterocycles. The molecular formula is C16H16N2O6. The molecule has 0 spiro atoms. The van der Waals surface area contributed by atoms with E-state index in [0.29, 0.717) is 36.8 Å². The van der Waals surface area contributed by atoms with Crippen molar-refractivity contribution in [1.29, 1.82) is 0 Å². The average Bonchev–Trinajstić information content (AvgIpc) is 3.45. The lowest BCUT2D eigenvalue weighted by atomic mass is 10.1. The predicted octanol–water partition coefficient (Wildman–Crippen LogP) is 0.462. The van der Waals surface area contributed by atoms with Crippen LogP contribution in [0.2, 0.25) is 0 Å². The highest BCUT2D eigenvalue weighted by atomic mass is 16.4. The lowest BCUT2D eigenvalue weighted by molar-refractivity contribution is -0.143. The van der Waals surface area contributed by atoms with E-state index >= 15 is 0 Å². The van der Waals surface area contributed by atoms with Crippen LogP contribution in [0, 0.1) is 0 Å². The number of carboxylic acid groups (broad SMARTS) is 2. The van der Waals surface area contributed by atoms with Gasteiger partial charge in [0.15, 0.2) is 0 Å². The number of benzene rings is 1. The first-order chi connectivity index (χ1) is 11.2. The molecule has 0 radical (unpaired) electrons. The Balaban J connectivity index is 0.000000203. The number of imide groups is 1. The van der Waals surface area contributed by atoms with Crippen LogP contribution in [0.25, 0.3) is 0 Å². The summed E-state index contributed by atoms with van der Waals surface area (Å²) in [5, 5.41) is 17.3. The van der Waals surface area contributed by atoms with E-state index in [1.165, 1.54) is 0 Å². The van der Waals surface area contributed by atoms with E-state index in [9.17, 15) is 19.2 Å². The predicted molar refractivity (Wildman–Crippen MR) is 80.3 cm³/mol. The van der Waals surface area contributed by atoms with Crippen molar-refractivity contribution in [3.8, 4) is 0 Å². The van der Waals surface area contributed by atoms with Gasteiger partial charge in [-0.25, -0.2) is 4.79 Å². The molecule has 4 rings (SSSR count). The first-order valence-electron chi connectivity index (χ1n) is 7.46. The van der Waals surface area contributed by atoms with Crippen LogP contribution in [0.4, 0.5) is 0 Å². The summed E-state index contributed by atoms with van der Waals surface area (Å²) in [5.41, 5.74) is 3.65. The van der Waals surface area contributed by atoms with E-state index < -0.39 is 34.8 Å². The molecule has 126 valence electrons. The van der Waals surface area contributed by atoms with Crippen LogP contribution < -0.4 is 5.73 Å². The minimum absolute atomic E-state index is 0.296. The van der Waals surface area contributed by atoms with Gasteiger partial charge in [-0.2, -0.15) is 0 Å². The number of nitrogens with two attached hydrogens (primary N) is 1. The first kappa shape index (κ1) is 16.1. The Labute approximate surface area is 136 Å². The summed E-state index contributed by atoms with van der Waals surface area (Å²) in [7, 11) is 0. The van der Waals surface area contributed by atoms with E-state index in [4.69, 9.17) is 15.9 Å². The van der Waals surface area contributed by atoms with Crippen molar-refractivity contribution in [2.75, 3.05) is 0 Å². The standard InChI is InChI=1S/C12H9NO4.C4H7NO2/c14-9-7-3-1-2-4-8(7)10(15)13(9)12(5-6-12)11(16)17;5-4(1-2-4)3(6)7/h1-4H,5-6H2,(H,16,17);1-2,5H2,(H,6,7). The number of hydrogen-bond donors (Lipinski definition) is 3. The summed E-state index contributed by atoms with van der Waals surface area (Å²) >= 11 is 0. The van der Waals surface area contributed by atoms with Crippen LogP contribution in [0.15, 0.2) is 24.3 Å². The molecular weight excluding hydrogens is 316 g/mol. The molecule has 1 aliphatic heterocycles. The van der Waals surface area contributed by atoms with Gasteiger partial charge in [0.2, 0.25) is 0 Å². The van der Waals surface area contributed by atoms with E-state index in [1.54, 1.807) is 24.3 Å². The third-order valence-electron chi connectivity index (χ3n) is 4.56. The molecule has 0 atom stereocenters. The maximum Gasteiger partial charge on any atom is 0.330 e. The molecule has 4 N–H and O–H groups in total. The van der Waals surface area contributed by atoms with E-state index in [1.807, 2.05) is 0 Å². The molecule has 1 aromatic rings. The van der Waals surface area contributed by atoms with Gasteiger partial charge < -0.3 is 15.9 Å². The molecule has 8 heteroatoms. The number of rotatable bonds is 3. The van der Waals surface area contributed by atoms with Crippen LogP contribution >= 0.6 is 0 Å². The van der Waals surface area contributed by atoms with Gasteiger partial charge >= 0.3 is 11.9 Å². The smallest absolute Gasteiger partial charge is 0.330 e. The molecule has 2 saturated carbocycles. The van der Waals surface area contributed by atoms with Crippen molar-refractivity contribution in [3.63, 3.8) is 0 Å². The summed E-state index contributed by atoms with van der Waals surface area (Å²) < 4.78 is 0. The second-order valence-electron chi connectivity index (χ2n) is 6.29. The van der Waals surface area contributed by atoms with Crippen molar-refractivity contribution < 1.29 is 29.4 Å². The van der Waals surface area contributed by atoms with Crippen LogP contribution in [-0.2, 0) is 9.59 Å². The fourth-order valence-corrected chi connectivity index (χ4v) is 2.58. The molecule has 2 fully saturated rings. The van der Waals surface area contributed by atoms with Crippen LogP contribution in [0.3, 0.4) is 0 Å². The minimum atomic E-state index is -1.30. The number of carboxylic acids is 2. The lowest BCUT2D eigenvalue weighted by Crippen LogP contribution is -2.47. The van der Waals surface area contributed by atoms with Gasteiger partial charge in [0.1, 0.15) is 11.1 Å². The number of amides is 2. The summed E-state index contributed by atoms with van der Waals surface area (Å²) in [4.78, 5) is 46.1. The van der Waals surface area contributed by atoms with Gasteiger partial charge in [-0.05, 0) is 37.8 Å². The maximum atomic E-state index is 12.0. The SMILES string of the molecule is NC1(C(=O)O)CC1.O=C1c2ccccc2C(=O)N1C1(C(=O)O)CC1. The minimum Gasteiger partial charge on any atom is -0.480 e. The molecule has 8 nitrogen and oxygen atoms in total. The van der Waals surface area contributed by atoms with Crippen molar-refractivity contribution >= 4 is 23.8 Å². The summed E-state index contributed by atoms with van der Waals surface area (Å²) in [6.07, 6.45) is 1.96. The summed E-state index contributed by atoms with van der Waals surface area (Å²) in [6, 6.07) is 6.42. The number of aliphatic carboxylic acids is 2. The third kappa shape index (κ3) is 2.35. The Hall–Kier alpha value is -2.74. The molecule has 1 aromatic carbocycles. The van der Waals surface area contributed by atoms with Gasteiger partial charge in [0.25, 0.3) is 11.8 Å². The maximum absolute atomic E-state index is 12.0. The normalized spacial score (nSPS) is 21.5. The van der Waals surface area contributed by atoms with E-state index in [-0.39, 0.29) is 0 Å². The third-order valence-corrected chi connectivity index (χ3v) is 4.56. The van der Waals surface area contributed by atoms with Crippen molar-refractivity contribution in [1.82, 2.24) is 4.90 Å². The number of carbonyl (C=O) groups is 4.